The van der Waals surface area contributed by atoms with Gasteiger partial charge < -0.3 is 9.31 Å². The molecule has 1 aliphatic carbocycles. The molecule has 2 fully saturated rings. The molecule has 0 radical (unpaired) electrons. The van der Waals surface area contributed by atoms with Crippen LogP contribution in [0.3, 0.4) is 0 Å². The molecule has 3 nitrogen and oxygen atoms in total. The zero-order valence-corrected chi connectivity index (χ0v) is 11.8. The van der Waals surface area contributed by atoms with Crippen molar-refractivity contribution in [3.8, 4) is 0 Å². The van der Waals surface area contributed by atoms with E-state index >= 15 is 0 Å². The third-order valence-electron chi connectivity index (χ3n) is 4.66. The minimum atomic E-state index is -0.318. The summed E-state index contributed by atoms with van der Waals surface area (Å²) in [6.45, 7) is 8.16. The SMILES string of the molecule is CC1(C)OB(C2C[C@H]2c2ccncc2F)OC1(C)C. The molecule has 0 amide bonds. The Bertz CT molecular complexity index is 490. The second-order valence-electron chi connectivity index (χ2n) is 6.53. The Balaban J connectivity index is 1.74. The Labute approximate surface area is 113 Å². The predicted octanol–water partition coefficient (Wildman–Crippen LogP) is 3.17. The average molecular weight is 263 g/mol. The first kappa shape index (κ1) is 13.1. The van der Waals surface area contributed by atoms with Gasteiger partial charge in [0.25, 0.3) is 0 Å². The fourth-order valence-corrected chi connectivity index (χ4v) is 2.62. The lowest BCUT2D eigenvalue weighted by Gasteiger charge is -2.32. The van der Waals surface area contributed by atoms with Gasteiger partial charge in [-0.3, -0.25) is 4.98 Å². The van der Waals surface area contributed by atoms with Crippen LogP contribution in [0.15, 0.2) is 18.5 Å². The number of pyridine rings is 1. The van der Waals surface area contributed by atoms with Crippen molar-refractivity contribution in [2.45, 2.75) is 57.1 Å². The molecule has 0 N–H and O–H groups in total. The normalized spacial score (nSPS) is 31.5. The Morgan fingerprint density at radius 2 is 1.89 bits per heavy atom. The maximum absolute atomic E-state index is 13.7. The number of hydrogen-bond donors (Lipinski definition) is 0. The smallest absolute Gasteiger partial charge is 0.403 e. The molecule has 19 heavy (non-hydrogen) atoms. The molecular weight excluding hydrogens is 244 g/mol. The van der Waals surface area contributed by atoms with Gasteiger partial charge in [0.1, 0.15) is 5.82 Å². The Hall–Kier alpha value is -0.935. The van der Waals surface area contributed by atoms with Crippen molar-refractivity contribution in [1.29, 1.82) is 0 Å². The minimum Gasteiger partial charge on any atom is -0.403 e. The monoisotopic (exact) mass is 263 g/mol. The standard InChI is InChI=1S/C14H19BFNO2/c1-13(2)14(3,4)19-15(18-13)11-7-10(11)9-5-6-17-8-12(9)16/h5-6,8,10-11H,7H2,1-4H3/t10-,11?/m0/s1. The van der Waals surface area contributed by atoms with E-state index in [0.29, 0.717) is 0 Å². The van der Waals surface area contributed by atoms with E-state index < -0.39 is 0 Å². The summed E-state index contributed by atoms with van der Waals surface area (Å²) < 4.78 is 25.7. The molecule has 1 unspecified atom stereocenters. The van der Waals surface area contributed by atoms with E-state index in [1.54, 1.807) is 12.3 Å². The van der Waals surface area contributed by atoms with Crippen LogP contribution in [0.4, 0.5) is 4.39 Å². The third-order valence-corrected chi connectivity index (χ3v) is 4.66. The zero-order valence-electron chi connectivity index (χ0n) is 11.8. The van der Waals surface area contributed by atoms with E-state index in [1.165, 1.54) is 6.20 Å². The van der Waals surface area contributed by atoms with Gasteiger partial charge >= 0.3 is 7.12 Å². The Morgan fingerprint density at radius 1 is 1.26 bits per heavy atom. The van der Waals surface area contributed by atoms with Crippen molar-refractivity contribution in [3.05, 3.63) is 29.8 Å². The summed E-state index contributed by atoms with van der Waals surface area (Å²) >= 11 is 0. The third kappa shape index (κ3) is 2.09. The lowest BCUT2D eigenvalue weighted by atomic mass is 9.79. The molecule has 2 atom stereocenters. The molecule has 3 rings (SSSR count). The van der Waals surface area contributed by atoms with Crippen LogP contribution in [-0.2, 0) is 9.31 Å². The van der Waals surface area contributed by atoms with Gasteiger partial charge in [0.2, 0.25) is 0 Å². The number of halogens is 1. The van der Waals surface area contributed by atoms with Gasteiger partial charge in [-0.2, -0.15) is 0 Å². The predicted molar refractivity (Wildman–Crippen MR) is 71.4 cm³/mol. The quantitative estimate of drug-likeness (QED) is 0.768. The first-order chi connectivity index (χ1) is 8.82. The second kappa shape index (κ2) is 4.03. The molecule has 0 aromatic carbocycles. The molecule has 1 aliphatic heterocycles. The molecule has 1 aromatic rings. The summed E-state index contributed by atoms with van der Waals surface area (Å²) in [6, 6.07) is 1.76. The van der Waals surface area contributed by atoms with Gasteiger partial charge in [-0.05, 0) is 51.7 Å². The molecule has 1 saturated carbocycles. The molecule has 0 bridgehead atoms. The van der Waals surface area contributed by atoms with Gasteiger partial charge in [0, 0.05) is 12.0 Å². The van der Waals surface area contributed by atoms with Gasteiger partial charge in [-0.1, -0.05) is 0 Å². The number of nitrogens with zero attached hydrogens (tertiary/aromatic N) is 1. The van der Waals surface area contributed by atoms with Crippen LogP contribution in [0, 0.1) is 5.82 Å². The van der Waals surface area contributed by atoms with Crippen molar-refractivity contribution in [2.24, 2.45) is 0 Å². The molecule has 1 aromatic heterocycles. The van der Waals surface area contributed by atoms with Gasteiger partial charge in [0.15, 0.2) is 0 Å². The molecule has 102 valence electrons. The summed E-state index contributed by atoms with van der Waals surface area (Å²) in [4.78, 5) is 3.79. The van der Waals surface area contributed by atoms with E-state index in [0.717, 1.165) is 12.0 Å². The zero-order chi connectivity index (χ0) is 13.8. The van der Waals surface area contributed by atoms with Crippen molar-refractivity contribution in [1.82, 2.24) is 4.98 Å². The fourth-order valence-electron chi connectivity index (χ4n) is 2.62. The Kier molecular flexibility index (Phi) is 2.77. The lowest BCUT2D eigenvalue weighted by Crippen LogP contribution is -2.41. The topological polar surface area (TPSA) is 31.4 Å². The minimum absolute atomic E-state index is 0.192. The second-order valence-corrected chi connectivity index (χ2v) is 6.53. The van der Waals surface area contributed by atoms with E-state index in [4.69, 9.17) is 9.31 Å². The van der Waals surface area contributed by atoms with E-state index in [2.05, 4.69) is 4.98 Å². The van der Waals surface area contributed by atoms with Crippen molar-refractivity contribution in [2.75, 3.05) is 0 Å². The van der Waals surface area contributed by atoms with Crippen molar-refractivity contribution in [3.63, 3.8) is 0 Å². The molecule has 2 heterocycles. The highest BCUT2D eigenvalue weighted by Crippen LogP contribution is 2.58. The van der Waals surface area contributed by atoms with Crippen molar-refractivity contribution < 1.29 is 13.7 Å². The van der Waals surface area contributed by atoms with Crippen LogP contribution in [0.1, 0.15) is 45.6 Å². The maximum Gasteiger partial charge on any atom is 0.461 e. The van der Waals surface area contributed by atoms with E-state index in [1.807, 2.05) is 27.7 Å². The summed E-state index contributed by atoms with van der Waals surface area (Å²) in [6.07, 6.45) is 3.82. The van der Waals surface area contributed by atoms with Crippen LogP contribution in [0.25, 0.3) is 0 Å². The number of rotatable bonds is 2. The van der Waals surface area contributed by atoms with E-state index in [-0.39, 0.29) is 35.9 Å². The van der Waals surface area contributed by atoms with Crippen LogP contribution in [-0.4, -0.2) is 23.3 Å². The first-order valence-corrected chi connectivity index (χ1v) is 6.77. The van der Waals surface area contributed by atoms with Crippen LogP contribution < -0.4 is 0 Å². The number of hydrogen-bond acceptors (Lipinski definition) is 3. The fraction of sp³-hybridized carbons (Fsp3) is 0.643. The first-order valence-electron chi connectivity index (χ1n) is 6.77. The van der Waals surface area contributed by atoms with Crippen molar-refractivity contribution >= 4 is 7.12 Å². The molecule has 1 saturated heterocycles. The highest BCUT2D eigenvalue weighted by atomic mass is 19.1. The highest BCUT2D eigenvalue weighted by molar-refractivity contribution is 6.49. The lowest BCUT2D eigenvalue weighted by molar-refractivity contribution is 0.00578. The molecule has 2 aliphatic rings. The summed E-state index contributed by atoms with van der Waals surface area (Å²) in [5.41, 5.74) is 0.0955. The van der Waals surface area contributed by atoms with Gasteiger partial charge in [-0.15, -0.1) is 0 Å². The van der Waals surface area contributed by atoms with Gasteiger partial charge in [0.05, 0.1) is 17.4 Å². The molecule has 0 spiro atoms. The summed E-state index contributed by atoms with van der Waals surface area (Å²) in [5.74, 6) is 0.210. The molecule has 5 heteroatoms. The van der Waals surface area contributed by atoms with Crippen LogP contribution in [0.5, 0.6) is 0 Å². The number of aromatic nitrogens is 1. The highest BCUT2D eigenvalue weighted by Gasteiger charge is 2.60. The summed E-state index contributed by atoms with van der Waals surface area (Å²) in [7, 11) is -0.234. The Morgan fingerprint density at radius 3 is 2.47 bits per heavy atom. The van der Waals surface area contributed by atoms with Crippen LogP contribution >= 0.6 is 0 Å². The maximum atomic E-state index is 13.7. The van der Waals surface area contributed by atoms with Gasteiger partial charge in [-0.25, -0.2) is 4.39 Å². The molecular formula is C14H19BFNO2. The average Bonchev–Trinajstić information content (AvgIpc) is 3.03. The largest absolute Gasteiger partial charge is 0.461 e. The summed E-state index contributed by atoms with van der Waals surface area (Å²) in [5, 5.41) is 0. The van der Waals surface area contributed by atoms with Crippen LogP contribution in [0.2, 0.25) is 5.82 Å². The van der Waals surface area contributed by atoms with E-state index in [9.17, 15) is 4.39 Å².